The maximum absolute atomic E-state index is 5.97. The van der Waals surface area contributed by atoms with Gasteiger partial charge in [-0.3, -0.25) is 0 Å². The smallest absolute Gasteiger partial charge is 0.0508 e. The van der Waals surface area contributed by atoms with Gasteiger partial charge in [0, 0.05) is 30.7 Å². The van der Waals surface area contributed by atoms with E-state index >= 15 is 0 Å². The molecule has 0 aliphatic carbocycles. The minimum absolute atomic E-state index is 0.380. The molecule has 0 saturated carbocycles. The summed E-state index contributed by atoms with van der Waals surface area (Å²) in [4.78, 5) is 4.66. The first-order valence-corrected chi connectivity index (χ1v) is 6.79. The number of likely N-dealkylation sites (N-methyl/N-ethyl adjacent to an activating group) is 2. The third-order valence-corrected chi connectivity index (χ3v) is 3.81. The summed E-state index contributed by atoms with van der Waals surface area (Å²) in [6.07, 6.45) is 0. The summed E-state index contributed by atoms with van der Waals surface area (Å²) in [6.45, 7) is 3.25. The van der Waals surface area contributed by atoms with E-state index in [2.05, 4.69) is 48.4 Å². The average Bonchev–Trinajstić information content (AvgIpc) is 2.32. The molecule has 4 heteroatoms. The van der Waals surface area contributed by atoms with Crippen molar-refractivity contribution in [1.82, 2.24) is 15.1 Å². The van der Waals surface area contributed by atoms with Crippen LogP contribution in [0.2, 0.25) is 5.02 Å². The van der Waals surface area contributed by atoms with Crippen LogP contribution < -0.4 is 5.32 Å². The summed E-state index contributed by atoms with van der Waals surface area (Å²) in [5.41, 5.74) is 1.32. The molecule has 1 aliphatic heterocycles. The average molecular weight is 268 g/mol. The van der Waals surface area contributed by atoms with Gasteiger partial charge in [-0.1, -0.05) is 23.7 Å². The molecule has 2 atom stereocenters. The molecule has 100 valence electrons. The van der Waals surface area contributed by atoms with E-state index in [0.29, 0.717) is 12.1 Å². The number of hydrogen-bond donors (Lipinski definition) is 1. The lowest BCUT2D eigenvalue weighted by Gasteiger charge is -2.39. The van der Waals surface area contributed by atoms with Crippen LogP contribution in [-0.4, -0.2) is 56.6 Å². The molecular weight excluding hydrogens is 246 g/mol. The molecule has 18 heavy (non-hydrogen) atoms. The summed E-state index contributed by atoms with van der Waals surface area (Å²) in [5.74, 6) is 0. The van der Waals surface area contributed by atoms with E-state index in [1.54, 1.807) is 0 Å². The van der Waals surface area contributed by atoms with Crippen LogP contribution in [-0.2, 0) is 0 Å². The lowest BCUT2D eigenvalue weighted by molar-refractivity contribution is 0.154. The van der Waals surface area contributed by atoms with Crippen LogP contribution in [0.25, 0.3) is 0 Å². The summed E-state index contributed by atoms with van der Waals surface area (Å²) in [5, 5.41) is 4.42. The van der Waals surface area contributed by atoms with Gasteiger partial charge in [0.25, 0.3) is 0 Å². The second kappa shape index (κ2) is 6.02. The highest BCUT2D eigenvalue weighted by Crippen LogP contribution is 2.25. The maximum Gasteiger partial charge on any atom is 0.0508 e. The molecule has 0 amide bonds. The highest BCUT2D eigenvalue weighted by molar-refractivity contribution is 6.30. The number of nitrogens with one attached hydrogen (secondary N) is 1. The molecular formula is C14H22ClN3. The summed E-state index contributed by atoms with van der Waals surface area (Å²) in [6, 6.07) is 9.04. The van der Waals surface area contributed by atoms with Crippen LogP contribution in [0.15, 0.2) is 24.3 Å². The summed E-state index contributed by atoms with van der Waals surface area (Å²) >= 11 is 5.97. The molecule has 0 bridgehead atoms. The Hall–Kier alpha value is -0.610. The van der Waals surface area contributed by atoms with Crippen molar-refractivity contribution in [2.24, 2.45) is 0 Å². The Morgan fingerprint density at radius 1 is 1.33 bits per heavy atom. The highest BCUT2D eigenvalue weighted by Gasteiger charge is 2.28. The van der Waals surface area contributed by atoms with Crippen molar-refractivity contribution in [2.75, 3.05) is 40.8 Å². The lowest BCUT2D eigenvalue weighted by atomic mass is 9.96. The first-order chi connectivity index (χ1) is 8.58. The van der Waals surface area contributed by atoms with Crippen LogP contribution in [0, 0.1) is 0 Å². The van der Waals surface area contributed by atoms with Crippen LogP contribution in [0.3, 0.4) is 0 Å². The van der Waals surface area contributed by atoms with E-state index in [9.17, 15) is 0 Å². The maximum atomic E-state index is 5.97. The molecule has 1 fully saturated rings. The largest absolute Gasteiger partial charge is 0.310 e. The van der Waals surface area contributed by atoms with E-state index < -0.39 is 0 Å². The van der Waals surface area contributed by atoms with Gasteiger partial charge in [0.15, 0.2) is 0 Å². The zero-order valence-electron chi connectivity index (χ0n) is 11.4. The summed E-state index contributed by atoms with van der Waals surface area (Å²) < 4.78 is 0. The van der Waals surface area contributed by atoms with Crippen molar-refractivity contribution in [3.63, 3.8) is 0 Å². The first kappa shape index (κ1) is 13.8. The number of halogens is 1. The molecule has 1 heterocycles. The minimum Gasteiger partial charge on any atom is -0.310 e. The Bertz CT molecular complexity index is 377. The van der Waals surface area contributed by atoms with Gasteiger partial charge in [0.2, 0.25) is 0 Å². The number of benzene rings is 1. The Morgan fingerprint density at radius 3 is 2.56 bits per heavy atom. The normalized spacial score (nSPS) is 23.3. The Balaban J connectivity index is 2.19. The molecule has 0 radical (unpaired) electrons. The zero-order valence-corrected chi connectivity index (χ0v) is 12.1. The number of nitrogens with zero attached hydrogens (tertiary/aromatic N) is 2. The van der Waals surface area contributed by atoms with E-state index in [1.807, 2.05) is 12.1 Å². The molecule has 2 unspecified atom stereocenters. The van der Waals surface area contributed by atoms with Crippen molar-refractivity contribution in [1.29, 1.82) is 0 Å². The van der Waals surface area contributed by atoms with Gasteiger partial charge in [-0.25, -0.2) is 0 Å². The van der Waals surface area contributed by atoms with Crippen LogP contribution in [0.5, 0.6) is 0 Å². The third-order valence-electron chi connectivity index (χ3n) is 3.56. The van der Waals surface area contributed by atoms with E-state index in [0.717, 1.165) is 24.7 Å². The Kier molecular flexibility index (Phi) is 4.62. The van der Waals surface area contributed by atoms with Crippen molar-refractivity contribution in [3.05, 3.63) is 34.9 Å². The zero-order chi connectivity index (χ0) is 13.1. The van der Waals surface area contributed by atoms with Gasteiger partial charge in [-0.15, -0.1) is 0 Å². The molecule has 1 N–H and O–H groups in total. The topological polar surface area (TPSA) is 18.5 Å². The first-order valence-electron chi connectivity index (χ1n) is 6.42. The van der Waals surface area contributed by atoms with Gasteiger partial charge < -0.3 is 15.1 Å². The highest BCUT2D eigenvalue weighted by atomic mass is 35.5. The minimum atomic E-state index is 0.380. The SMILES string of the molecule is CN1CCNC(C(c2ccc(Cl)cc2)N(C)C)C1. The van der Waals surface area contributed by atoms with E-state index in [-0.39, 0.29) is 0 Å². The second-order valence-electron chi connectivity index (χ2n) is 5.28. The van der Waals surface area contributed by atoms with Crippen molar-refractivity contribution < 1.29 is 0 Å². The molecule has 1 aliphatic rings. The predicted molar refractivity (Wildman–Crippen MR) is 77.2 cm³/mol. The molecule has 2 rings (SSSR count). The van der Waals surface area contributed by atoms with Crippen molar-refractivity contribution >= 4 is 11.6 Å². The number of rotatable bonds is 3. The fourth-order valence-corrected chi connectivity index (χ4v) is 2.82. The third kappa shape index (κ3) is 3.23. The molecule has 0 spiro atoms. The lowest BCUT2D eigenvalue weighted by Crippen LogP contribution is -2.54. The quantitative estimate of drug-likeness (QED) is 0.902. The second-order valence-corrected chi connectivity index (χ2v) is 5.72. The fraction of sp³-hybridized carbons (Fsp3) is 0.571. The van der Waals surface area contributed by atoms with Gasteiger partial charge >= 0.3 is 0 Å². The van der Waals surface area contributed by atoms with Gasteiger partial charge in [0.1, 0.15) is 0 Å². The molecule has 1 aromatic rings. The number of hydrogen-bond acceptors (Lipinski definition) is 3. The van der Waals surface area contributed by atoms with Crippen LogP contribution >= 0.6 is 11.6 Å². The number of piperazine rings is 1. The van der Waals surface area contributed by atoms with Crippen molar-refractivity contribution in [3.8, 4) is 0 Å². The fourth-order valence-electron chi connectivity index (χ4n) is 2.69. The molecule has 3 nitrogen and oxygen atoms in total. The van der Waals surface area contributed by atoms with E-state index in [1.165, 1.54) is 5.56 Å². The van der Waals surface area contributed by atoms with Gasteiger partial charge in [-0.2, -0.15) is 0 Å². The van der Waals surface area contributed by atoms with E-state index in [4.69, 9.17) is 11.6 Å². The molecule has 0 aromatic heterocycles. The van der Waals surface area contributed by atoms with Crippen molar-refractivity contribution in [2.45, 2.75) is 12.1 Å². The standard InChI is InChI=1S/C14H22ClN3/c1-17(2)14(11-4-6-12(15)7-5-11)13-10-18(3)9-8-16-13/h4-7,13-14,16H,8-10H2,1-3H3. The van der Waals surface area contributed by atoms with Gasteiger partial charge in [-0.05, 0) is 38.8 Å². The monoisotopic (exact) mass is 267 g/mol. The van der Waals surface area contributed by atoms with Crippen LogP contribution in [0.4, 0.5) is 0 Å². The molecule has 1 aromatic carbocycles. The Morgan fingerprint density at radius 2 is 2.00 bits per heavy atom. The van der Waals surface area contributed by atoms with Gasteiger partial charge in [0.05, 0.1) is 6.04 Å². The molecule has 1 saturated heterocycles. The summed E-state index contributed by atoms with van der Waals surface area (Å²) in [7, 11) is 6.45. The Labute approximate surface area is 115 Å². The predicted octanol–water partition coefficient (Wildman–Crippen LogP) is 1.85. The van der Waals surface area contributed by atoms with Crippen LogP contribution in [0.1, 0.15) is 11.6 Å².